The van der Waals surface area contributed by atoms with Gasteiger partial charge in [-0.25, -0.2) is 0 Å². The Kier molecular flexibility index (Phi) is 2.74. The zero-order valence-corrected chi connectivity index (χ0v) is 7.91. The lowest BCUT2D eigenvalue weighted by Crippen LogP contribution is -2.03. The van der Waals surface area contributed by atoms with E-state index in [2.05, 4.69) is 18.8 Å². The second-order valence-electron chi connectivity index (χ2n) is 3.08. The van der Waals surface area contributed by atoms with Crippen LogP contribution in [-0.4, -0.2) is 14.7 Å². The summed E-state index contributed by atoms with van der Waals surface area (Å²) in [5.41, 5.74) is 0. The SMILES string of the molecule is CCC(CC)c1nc(O)cn1C. The minimum absolute atomic E-state index is 0.124. The van der Waals surface area contributed by atoms with E-state index in [1.54, 1.807) is 6.20 Å². The van der Waals surface area contributed by atoms with Gasteiger partial charge in [0, 0.05) is 13.0 Å². The summed E-state index contributed by atoms with van der Waals surface area (Å²) in [7, 11) is 1.92. The van der Waals surface area contributed by atoms with Gasteiger partial charge in [-0.05, 0) is 12.8 Å². The minimum atomic E-state index is 0.124. The predicted octanol–water partition coefficient (Wildman–Crippen LogP) is 2.03. The van der Waals surface area contributed by atoms with E-state index in [4.69, 9.17) is 5.11 Å². The van der Waals surface area contributed by atoms with Crippen molar-refractivity contribution in [3.8, 4) is 5.88 Å². The van der Waals surface area contributed by atoms with Gasteiger partial charge < -0.3 is 9.67 Å². The zero-order chi connectivity index (χ0) is 9.14. The maximum atomic E-state index is 9.14. The van der Waals surface area contributed by atoms with Gasteiger partial charge in [0.1, 0.15) is 5.82 Å². The third-order valence-corrected chi connectivity index (χ3v) is 2.25. The van der Waals surface area contributed by atoms with Crippen molar-refractivity contribution in [3.05, 3.63) is 12.0 Å². The van der Waals surface area contributed by atoms with Crippen LogP contribution in [-0.2, 0) is 7.05 Å². The van der Waals surface area contributed by atoms with Crippen LogP contribution < -0.4 is 0 Å². The summed E-state index contributed by atoms with van der Waals surface area (Å²) < 4.78 is 1.90. The van der Waals surface area contributed by atoms with E-state index in [0.29, 0.717) is 5.92 Å². The summed E-state index contributed by atoms with van der Waals surface area (Å²) in [5, 5.41) is 9.14. The van der Waals surface area contributed by atoms with E-state index in [1.807, 2.05) is 11.6 Å². The molecule has 0 spiro atoms. The van der Waals surface area contributed by atoms with Crippen molar-refractivity contribution in [3.63, 3.8) is 0 Å². The van der Waals surface area contributed by atoms with E-state index in [9.17, 15) is 0 Å². The first-order valence-electron chi connectivity index (χ1n) is 4.41. The van der Waals surface area contributed by atoms with E-state index >= 15 is 0 Å². The highest BCUT2D eigenvalue weighted by Gasteiger charge is 2.13. The third kappa shape index (κ3) is 1.60. The van der Waals surface area contributed by atoms with Gasteiger partial charge in [0.2, 0.25) is 5.88 Å². The molecule has 1 aromatic heterocycles. The molecule has 0 aliphatic carbocycles. The quantitative estimate of drug-likeness (QED) is 0.749. The van der Waals surface area contributed by atoms with E-state index in [1.165, 1.54) is 0 Å². The topological polar surface area (TPSA) is 38.1 Å². The molecule has 0 aromatic carbocycles. The van der Waals surface area contributed by atoms with Crippen molar-refractivity contribution in [2.24, 2.45) is 7.05 Å². The van der Waals surface area contributed by atoms with E-state index < -0.39 is 0 Å². The number of aryl methyl sites for hydroxylation is 1. The van der Waals surface area contributed by atoms with Gasteiger partial charge in [0.05, 0.1) is 6.20 Å². The van der Waals surface area contributed by atoms with Gasteiger partial charge in [0.25, 0.3) is 0 Å². The van der Waals surface area contributed by atoms with Crippen LogP contribution in [0.4, 0.5) is 0 Å². The monoisotopic (exact) mass is 168 g/mol. The van der Waals surface area contributed by atoms with Crippen LogP contribution in [0.2, 0.25) is 0 Å². The van der Waals surface area contributed by atoms with Gasteiger partial charge in [-0.3, -0.25) is 0 Å². The molecule has 0 amide bonds. The average molecular weight is 168 g/mol. The van der Waals surface area contributed by atoms with Crippen LogP contribution in [0.15, 0.2) is 6.20 Å². The molecule has 0 saturated carbocycles. The van der Waals surface area contributed by atoms with Crippen LogP contribution in [0.5, 0.6) is 5.88 Å². The molecule has 0 aliphatic heterocycles. The lowest BCUT2D eigenvalue weighted by molar-refractivity contribution is 0.453. The standard InChI is InChI=1S/C9H16N2O/c1-4-7(5-2)9-10-8(12)6-11(9)3/h6-7,12H,4-5H2,1-3H3. The number of hydrogen-bond donors (Lipinski definition) is 1. The molecule has 0 saturated heterocycles. The molecule has 0 fully saturated rings. The van der Waals surface area contributed by atoms with Crippen molar-refractivity contribution in [1.29, 1.82) is 0 Å². The Balaban J connectivity index is 2.91. The average Bonchev–Trinajstić information content (AvgIpc) is 2.34. The van der Waals surface area contributed by atoms with Crippen molar-refractivity contribution in [1.82, 2.24) is 9.55 Å². The number of hydrogen-bond acceptors (Lipinski definition) is 2. The number of nitrogens with zero attached hydrogens (tertiary/aromatic N) is 2. The Bertz CT molecular complexity index is 251. The highest BCUT2D eigenvalue weighted by atomic mass is 16.3. The van der Waals surface area contributed by atoms with E-state index in [0.717, 1.165) is 18.7 Å². The highest BCUT2D eigenvalue weighted by molar-refractivity contribution is 5.10. The molecule has 1 heterocycles. The molecule has 1 N–H and O–H groups in total. The molecule has 0 unspecified atom stereocenters. The molecule has 3 heteroatoms. The molecule has 0 aliphatic rings. The van der Waals surface area contributed by atoms with Gasteiger partial charge >= 0.3 is 0 Å². The molecule has 0 atom stereocenters. The third-order valence-electron chi connectivity index (χ3n) is 2.25. The minimum Gasteiger partial charge on any atom is -0.492 e. The van der Waals surface area contributed by atoms with Crippen LogP contribution in [0, 0.1) is 0 Å². The van der Waals surface area contributed by atoms with Gasteiger partial charge in [-0.2, -0.15) is 4.98 Å². The molecule has 0 radical (unpaired) electrons. The van der Waals surface area contributed by atoms with Gasteiger partial charge in [-0.15, -0.1) is 0 Å². The number of rotatable bonds is 3. The van der Waals surface area contributed by atoms with Crippen molar-refractivity contribution in [2.45, 2.75) is 32.6 Å². The molecule has 1 aromatic rings. The summed E-state index contributed by atoms with van der Waals surface area (Å²) in [5.74, 6) is 1.58. The normalized spacial score (nSPS) is 11.0. The molecule has 0 bridgehead atoms. The zero-order valence-electron chi connectivity index (χ0n) is 7.91. The second-order valence-corrected chi connectivity index (χ2v) is 3.08. The second kappa shape index (κ2) is 3.61. The number of aromatic hydroxyl groups is 1. The smallest absolute Gasteiger partial charge is 0.229 e. The van der Waals surface area contributed by atoms with Crippen molar-refractivity contribution >= 4 is 0 Å². The fourth-order valence-electron chi connectivity index (χ4n) is 1.50. The Morgan fingerprint density at radius 2 is 2.08 bits per heavy atom. The van der Waals surface area contributed by atoms with Crippen molar-refractivity contribution in [2.75, 3.05) is 0 Å². The maximum absolute atomic E-state index is 9.14. The Morgan fingerprint density at radius 3 is 2.42 bits per heavy atom. The lowest BCUT2D eigenvalue weighted by atomic mass is 10.0. The van der Waals surface area contributed by atoms with E-state index in [-0.39, 0.29) is 5.88 Å². The Hall–Kier alpha value is -0.990. The molecular weight excluding hydrogens is 152 g/mol. The predicted molar refractivity (Wildman–Crippen MR) is 48.2 cm³/mol. The van der Waals surface area contributed by atoms with Crippen LogP contribution >= 0.6 is 0 Å². The largest absolute Gasteiger partial charge is 0.492 e. The molecule has 1 rings (SSSR count). The summed E-state index contributed by atoms with van der Waals surface area (Å²) in [6.45, 7) is 4.28. The highest BCUT2D eigenvalue weighted by Crippen LogP contribution is 2.23. The molecule has 12 heavy (non-hydrogen) atoms. The van der Waals surface area contributed by atoms with Crippen molar-refractivity contribution < 1.29 is 5.11 Å². The fraction of sp³-hybridized carbons (Fsp3) is 0.667. The first kappa shape index (κ1) is 9.10. The van der Waals surface area contributed by atoms with Crippen LogP contribution in [0.1, 0.15) is 38.4 Å². The first-order valence-corrected chi connectivity index (χ1v) is 4.41. The number of imidazole rings is 1. The number of aromatic nitrogens is 2. The lowest BCUT2D eigenvalue weighted by Gasteiger charge is -2.10. The summed E-state index contributed by atoms with van der Waals surface area (Å²) >= 11 is 0. The summed E-state index contributed by atoms with van der Waals surface area (Å²) in [6.07, 6.45) is 3.79. The van der Waals surface area contributed by atoms with Gasteiger partial charge in [-0.1, -0.05) is 13.8 Å². The molecular formula is C9H16N2O. The first-order chi connectivity index (χ1) is 5.69. The summed E-state index contributed by atoms with van der Waals surface area (Å²) in [4.78, 5) is 4.07. The Morgan fingerprint density at radius 1 is 1.50 bits per heavy atom. The maximum Gasteiger partial charge on any atom is 0.229 e. The molecule has 68 valence electrons. The fourth-order valence-corrected chi connectivity index (χ4v) is 1.50. The molecule has 3 nitrogen and oxygen atoms in total. The van der Waals surface area contributed by atoms with Crippen LogP contribution in [0.25, 0.3) is 0 Å². The van der Waals surface area contributed by atoms with Crippen LogP contribution in [0.3, 0.4) is 0 Å². The van der Waals surface area contributed by atoms with Gasteiger partial charge in [0.15, 0.2) is 0 Å². The summed E-state index contributed by atoms with van der Waals surface area (Å²) in [6, 6.07) is 0. The Labute approximate surface area is 73.1 Å².